The minimum absolute atomic E-state index is 0.0931. The highest BCUT2D eigenvalue weighted by molar-refractivity contribution is 7.93. The van der Waals surface area contributed by atoms with Gasteiger partial charge in [-0.2, -0.15) is 0 Å². The van der Waals surface area contributed by atoms with Crippen LogP contribution in [0.15, 0.2) is 46.0 Å². The monoisotopic (exact) mass is 297 g/mol. The first-order valence-corrected chi connectivity index (χ1v) is 8.36. The topological polar surface area (TPSA) is 69.4 Å². The van der Waals surface area contributed by atoms with E-state index in [2.05, 4.69) is 0 Å². The molecule has 0 amide bonds. The number of thiophene rings is 1. The molecule has 0 saturated heterocycles. The van der Waals surface area contributed by atoms with Gasteiger partial charge in [-0.15, -0.1) is 11.3 Å². The van der Waals surface area contributed by atoms with Crippen molar-refractivity contribution in [3.63, 3.8) is 0 Å². The van der Waals surface area contributed by atoms with Gasteiger partial charge in [0.15, 0.2) is 9.84 Å². The normalized spacial score (nSPS) is 11.4. The molecule has 0 atom stereocenters. The van der Waals surface area contributed by atoms with Crippen LogP contribution in [0.25, 0.3) is 0 Å². The van der Waals surface area contributed by atoms with Crippen LogP contribution in [-0.2, 0) is 9.84 Å². The van der Waals surface area contributed by atoms with Gasteiger partial charge in [-0.05, 0) is 30.0 Å². The van der Waals surface area contributed by atoms with Gasteiger partial charge in [0.2, 0.25) is 0 Å². The van der Waals surface area contributed by atoms with E-state index in [4.69, 9.17) is 10.5 Å². The van der Waals surface area contributed by atoms with Crippen molar-refractivity contribution < 1.29 is 13.2 Å². The van der Waals surface area contributed by atoms with E-state index in [1.807, 2.05) is 0 Å². The molecule has 102 valence electrons. The van der Waals surface area contributed by atoms with Crippen molar-refractivity contribution in [2.24, 2.45) is 0 Å². The van der Waals surface area contributed by atoms with Crippen LogP contribution in [-0.4, -0.2) is 20.8 Å². The van der Waals surface area contributed by atoms with Crippen LogP contribution in [0.4, 0.5) is 5.69 Å². The summed E-state index contributed by atoms with van der Waals surface area (Å²) in [6.07, 6.45) is 0.453. The van der Waals surface area contributed by atoms with E-state index in [9.17, 15) is 8.42 Å². The number of rotatable bonds is 6. The third-order valence-electron chi connectivity index (χ3n) is 2.49. The molecule has 0 aliphatic rings. The molecule has 0 aliphatic heterocycles. The third-order valence-corrected chi connectivity index (χ3v) is 5.77. The average molecular weight is 297 g/mol. The molecule has 19 heavy (non-hydrogen) atoms. The molecule has 1 aromatic carbocycles. The third kappa shape index (κ3) is 3.97. The van der Waals surface area contributed by atoms with Gasteiger partial charge in [-0.1, -0.05) is 12.1 Å². The van der Waals surface area contributed by atoms with Gasteiger partial charge in [0.25, 0.3) is 0 Å². The van der Waals surface area contributed by atoms with Crippen LogP contribution in [0.5, 0.6) is 5.75 Å². The zero-order chi connectivity index (χ0) is 13.7. The van der Waals surface area contributed by atoms with Crippen LogP contribution < -0.4 is 10.5 Å². The first-order chi connectivity index (χ1) is 9.08. The summed E-state index contributed by atoms with van der Waals surface area (Å²) in [5.74, 6) is 0.754. The van der Waals surface area contributed by atoms with Gasteiger partial charge in [0.05, 0.1) is 12.4 Å². The molecule has 2 aromatic rings. The molecule has 0 fully saturated rings. The van der Waals surface area contributed by atoms with Crippen molar-refractivity contribution in [3.8, 4) is 5.75 Å². The Bertz CT molecular complexity index is 621. The minimum atomic E-state index is -3.17. The number of nitrogen functional groups attached to an aromatic ring is 1. The number of sulfone groups is 1. The molecule has 6 heteroatoms. The van der Waals surface area contributed by atoms with Crippen molar-refractivity contribution in [1.29, 1.82) is 0 Å². The second kappa shape index (κ2) is 6.08. The maximum absolute atomic E-state index is 11.9. The fraction of sp³-hybridized carbons (Fsp3) is 0.231. The molecule has 1 aromatic heterocycles. The van der Waals surface area contributed by atoms with E-state index >= 15 is 0 Å². The largest absolute Gasteiger partial charge is 0.493 e. The lowest BCUT2D eigenvalue weighted by Crippen LogP contribution is -2.09. The van der Waals surface area contributed by atoms with Crippen LogP contribution in [0.2, 0.25) is 0 Å². The number of benzene rings is 1. The molecule has 1 heterocycles. The molecule has 0 bridgehead atoms. The van der Waals surface area contributed by atoms with Gasteiger partial charge >= 0.3 is 0 Å². The lowest BCUT2D eigenvalue weighted by Gasteiger charge is -2.06. The zero-order valence-corrected chi connectivity index (χ0v) is 11.9. The lowest BCUT2D eigenvalue weighted by atomic mass is 10.3. The molecule has 0 saturated carbocycles. The Balaban J connectivity index is 1.81. The Hall–Kier alpha value is -1.53. The maximum atomic E-state index is 11.9. The summed E-state index contributed by atoms with van der Waals surface area (Å²) in [6, 6.07) is 10.4. The Labute approximate surface area is 116 Å². The predicted octanol–water partition coefficient (Wildman–Crippen LogP) is 2.57. The smallest absolute Gasteiger partial charge is 0.187 e. The van der Waals surface area contributed by atoms with Gasteiger partial charge in [-0.25, -0.2) is 8.42 Å². The number of hydrogen-bond donors (Lipinski definition) is 1. The van der Waals surface area contributed by atoms with Crippen LogP contribution >= 0.6 is 11.3 Å². The number of nitrogens with two attached hydrogens (primary N) is 1. The maximum Gasteiger partial charge on any atom is 0.187 e. The highest BCUT2D eigenvalue weighted by atomic mass is 32.2. The fourth-order valence-electron chi connectivity index (χ4n) is 1.58. The zero-order valence-electron chi connectivity index (χ0n) is 10.3. The summed E-state index contributed by atoms with van der Waals surface area (Å²) >= 11 is 1.24. The van der Waals surface area contributed by atoms with E-state index in [0.717, 1.165) is 0 Å². The summed E-state index contributed by atoms with van der Waals surface area (Å²) in [5, 5.41) is 1.76. The average Bonchev–Trinajstić information content (AvgIpc) is 2.89. The molecule has 2 rings (SSSR count). The van der Waals surface area contributed by atoms with Crippen LogP contribution in [0.1, 0.15) is 6.42 Å². The Morgan fingerprint density at radius 3 is 2.74 bits per heavy atom. The second-order valence-corrected chi connectivity index (χ2v) is 7.31. The van der Waals surface area contributed by atoms with Gasteiger partial charge in [0, 0.05) is 11.8 Å². The van der Waals surface area contributed by atoms with E-state index < -0.39 is 9.84 Å². The van der Waals surface area contributed by atoms with Crippen LogP contribution in [0.3, 0.4) is 0 Å². The van der Waals surface area contributed by atoms with E-state index in [0.29, 0.717) is 28.7 Å². The summed E-state index contributed by atoms with van der Waals surface area (Å²) < 4.78 is 29.7. The summed E-state index contributed by atoms with van der Waals surface area (Å²) in [5.41, 5.74) is 6.25. The molecule has 2 N–H and O–H groups in total. The van der Waals surface area contributed by atoms with Crippen molar-refractivity contribution in [2.45, 2.75) is 10.6 Å². The highest BCUT2D eigenvalue weighted by Gasteiger charge is 2.14. The summed E-state index contributed by atoms with van der Waals surface area (Å²) in [6.45, 7) is 0.355. The van der Waals surface area contributed by atoms with Gasteiger partial charge in [-0.3, -0.25) is 0 Å². The Kier molecular flexibility index (Phi) is 4.44. The summed E-state index contributed by atoms with van der Waals surface area (Å²) in [4.78, 5) is 0. The summed E-state index contributed by atoms with van der Waals surface area (Å²) in [7, 11) is -3.17. The van der Waals surface area contributed by atoms with E-state index in [1.165, 1.54) is 11.3 Å². The minimum Gasteiger partial charge on any atom is -0.493 e. The first kappa shape index (κ1) is 13.9. The number of anilines is 1. The fourth-order valence-corrected chi connectivity index (χ4v) is 4.02. The molecule has 0 spiro atoms. The quantitative estimate of drug-likeness (QED) is 0.657. The number of hydrogen-bond acceptors (Lipinski definition) is 5. The molecular weight excluding hydrogens is 282 g/mol. The number of ether oxygens (including phenoxy) is 1. The molecular formula is C13H15NO3S2. The van der Waals surface area contributed by atoms with Crippen molar-refractivity contribution in [3.05, 3.63) is 41.8 Å². The van der Waals surface area contributed by atoms with Crippen LogP contribution in [0, 0.1) is 0 Å². The highest BCUT2D eigenvalue weighted by Crippen LogP contribution is 2.19. The van der Waals surface area contributed by atoms with Crippen molar-refractivity contribution >= 4 is 26.9 Å². The molecule has 0 unspecified atom stereocenters. The molecule has 4 nitrogen and oxygen atoms in total. The Morgan fingerprint density at radius 1 is 1.21 bits per heavy atom. The predicted molar refractivity (Wildman–Crippen MR) is 77.3 cm³/mol. The van der Waals surface area contributed by atoms with Crippen molar-refractivity contribution in [2.75, 3.05) is 18.1 Å². The second-order valence-electron chi connectivity index (χ2n) is 4.03. The SMILES string of the molecule is Nc1cccc(OCCCS(=O)(=O)c2cccs2)c1. The Morgan fingerprint density at radius 2 is 2.05 bits per heavy atom. The van der Waals surface area contributed by atoms with Gasteiger partial charge in [0.1, 0.15) is 9.96 Å². The molecule has 0 aliphatic carbocycles. The van der Waals surface area contributed by atoms with Crippen molar-refractivity contribution in [1.82, 2.24) is 0 Å². The first-order valence-electron chi connectivity index (χ1n) is 5.82. The lowest BCUT2D eigenvalue weighted by molar-refractivity contribution is 0.318. The molecule has 0 radical (unpaired) electrons. The van der Waals surface area contributed by atoms with E-state index in [-0.39, 0.29) is 5.75 Å². The van der Waals surface area contributed by atoms with E-state index in [1.54, 1.807) is 41.8 Å². The van der Waals surface area contributed by atoms with Gasteiger partial charge < -0.3 is 10.5 Å². The standard InChI is InChI=1S/C13H15NO3S2/c14-11-4-1-5-12(10-11)17-7-3-9-19(15,16)13-6-2-8-18-13/h1-2,4-6,8,10H,3,7,9,14H2.